The summed E-state index contributed by atoms with van der Waals surface area (Å²) in [6.45, 7) is 1.86. The van der Waals surface area contributed by atoms with E-state index in [1.165, 1.54) is 12.1 Å². The van der Waals surface area contributed by atoms with Crippen molar-refractivity contribution < 1.29 is 27.2 Å². The molecule has 2 fully saturated rings. The number of anilines is 1. The van der Waals surface area contributed by atoms with Crippen LogP contribution in [0.3, 0.4) is 0 Å². The van der Waals surface area contributed by atoms with Crippen LogP contribution < -0.4 is 4.90 Å². The van der Waals surface area contributed by atoms with Gasteiger partial charge in [-0.05, 0) is 37.1 Å². The number of alkyl halides is 3. The van der Waals surface area contributed by atoms with Crippen LogP contribution in [0.5, 0.6) is 0 Å². The van der Waals surface area contributed by atoms with Crippen molar-refractivity contribution in [2.45, 2.75) is 19.0 Å². The third kappa shape index (κ3) is 4.51. The van der Waals surface area contributed by atoms with Crippen LogP contribution in [0.2, 0.25) is 0 Å². The molecule has 0 saturated carbocycles. The van der Waals surface area contributed by atoms with Crippen LogP contribution in [0.25, 0.3) is 0 Å². The number of hydrogen-bond acceptors (Lipinski definition) is 3. The quantitative estimate of drug-likeness (QED) is 0.732. The lowest BCUT2D eigenvalue weighted by Crippen LogP contribution is -2.54. The molecule has 1 unspecified atom stereocenters. The average Bonchev–Trinajstić information content (AvgIpc) is 2.67. The van der Waals surface area contributed by atoms with E-state index in [0.29, 0.717) is 39.0 Å². The van der Waals surface area contributed by atoms with Gasteiger partial charge >= 0.3 is 12.1 Å². The Morgan fingerprint density at radius 2 is 1.56 bits per heavy atom. The van der Waals surface area contributed by atoms with E-state index in [1.807, 2.05) is 4.90 Å². The highest BCUT2D eigenvalue weighted by Gasteiger charge is 2.44. The highest BCUT2D eigenvalue weighted by Crippen LogP contribution is 2.25. The molecule has 0 N–H and O–H groups in total. The van der Waals surface area contributed by atoms with Gasteiger partial charge in [0, 0.05) is 45.0 Å². The molecule has 1 atom stereocenters. The first kappa shape index (κ1) is 19.4. The highest BCUT2D eigenvalue weighted by molar-refractivity contribution is 5.84. The van der Waals surface area contributed by atoms with E-state index < -0.39 is 18.0 Å². The van der Waals surface area contributed by atoms with E-state index in [4.69, 9.17) is 0 Å². The molecule has 3 rings (SSSR count). The number of piperidine rings is 1. The fourth-order valence-corrected chi connectivity index (χ4v) is 3.64. The molecular weight excluding hydrogens is 366 g/mol. The maximum atomic E-state index is 13.0. The molecule has 1 aromatic carbocycles. The second-order valence-corrected chi connectivity index (χ2v) is 6.88. The fourth-order valence-electron chi connectivity index (χ4n) is 3.64. The number of hydrogen-bond donors (Lipinski definition) is 0. The van der Waals surface area contributed by atoms with E-state index in [2.05, 4.69) is 0 Å². The van der Waals surface area contributed by atoms with Crippen molar-refractivity contribution in [2.24, 2.45) is 5.92 Å². The van der Waals surface area contributed by atoms with Crippen molar-refractivity contribution in [1.82, 2.24) is 9.80 Å². The third-order valence-corrected chi connectivity index (χ3v) is 5.08. The monoisotopic (exact) mass is 387 g/mol. The third-order valence-electron chi connectivity index (χ3n) is 5.08. The molecule has 2 aliphatic rings. The first-order valence-electron chi connectivity index (χ1n) is 8.91. The lowest BCUT2D eigenvalue weighted by molar-refractivity contribution is -0.187. The Labute approximate surface area is 154 Å². The molecule has 0 aliphatic carbocycles. The van der Waals surface area contributed by atoms with Gasteiger partial charge in [-0.15, -0.1) is 0 Å². The van der Waals surface area contributed by atoms with Crippen LogP contribution in [-0.4, -0.2) is 67.1 Å². The zero-order chi connectivity index (χ0) is 19.6. The van der Waals surface area contributed by atoms with Crippen LogP contribution in [0, 0.1) is 11.7 Å². The topological polar surface area (TPSA) is 43.9 Å². The van der Waals surface area contributed by atoms with Gasteiger partial charge in [0.15, 0.2) is 0 Å². The van der Waals surface area contributed by atoms with Gasteiger partial charge < -0.3 is 14.7 Å². The van der Waals surface area contributed by atoms with Gasteiger partial charge in [0.2, 0.25) is 5.91 Å². The summed E-state index contributed by atoms with van der Waals surface area (Å²) < 4.78 is 50.9. The van der Waals surface area contributed by atoms with Gasteiger partial charge in [-0.3, -0.25) is 9.59 Å². The second kappa shape index (κ2) is 7.74. The minimum absolute atomic E-state index is 0.0282. The first-order chi connectivity index (χ1) is 12.8. The summed E-state index contributed by atoms with van der Waals surface area (Å²) in [5.74, 6) is -2.99. The highest BCUT2D eigenvalue weighted by atomic mass is 19.4. The Balaban J connectivity index is 1.55. The van der Waals surface area contributed by atoms with Crippen molar-refractivity contribution in [3.63, 3.8) is 0 Å². The predicted octanol–water partition coefficient (Wildman–Crippen LogP) is 2.28. The van der Waals surface area contributed by atoms with Gasteiger partial charge in [0.1, 0.15) is 5.82 Å². The van der Waals surface area contributed by atoms with E-state index in [1.54, 1.807) is 17.0 Å². The number of rotatable bonds is 2. The molecule has 2 amide bonds. The number of benzene rings is 1. The summed E-state index contributed by atoms with van der Waals surface area (Å²) in [7, 11) is 0. The number of piperazine rings is 1. The lowest BCUT2D eigenvalue weighted by Gasteiger charge is -2.39. The maximum absolute atomic E-state index is 13.0. The predicted molar refractivity (Wildman–Crippen MR) is 90.6 cm³/mol. The van der Waals surface area contributed by atoms with Crippen LogP contribution in [0.15, 0.2) is 24.3 Å². The van der Waals surface area contributed by atoms with E-state index >= 15 is 0 Å². The van der Waals surface area contributed by atoms with Crippen molar-refractivity contribution in [3.05, 3.63) is 30.1 Å². The summed E-state index contributed by atoms with van der Waals surface area (Å²) in [6.07, 6.45) is -4.04. The number of halogens is 4. The molecular formula is C18H21F4N3O2. The molecule has 0 aromatic heterocycles. The Morgan fingerprint density at radius 3 is 2.15 bits per heavy atom. The van der Waals surface area contributed by atoms with Crippen molar-refractivity contribution >= 4 is 17.5 Å². The second-order valence-electron chi connectivity index (χ2n) is 6.88. The van der Waals surface area contributed by atoms with Crippen LogP contribution in [0.4, 0.5) is 23.2 Å². The Morgan fingerprint density at radius 1 is 0.926 bits per heavy atom. The van der Waals surface area contributed by atoms with Gasteiger partial charge in [-0.1, -0.05) is 0 Å². The first-order valence-corrected chi connectivity index (χ1v) is 8.91. The number of likely N-dealkylation sites (tertiary alicyclic amines) is 1. The summed E-state index contributed by atoms with van der Waals surface area (Å²) in [4.78, 5) is 28.5. The van der Waals surface area contributed by atoms with Gasteiger partial charge in [-0.25, -0.2) is 4.39 Å². The van der Waals surface area contributed by atoms with Gasteiger partial charge in [-0.2, -0.15) is 13.2 Å². The van der Waals surface area contributed by atoms with E-state index in [9.17, 15) is 27.2 Å². The van der Waals surface area contributed by atoms with Crippen molar-refractivity contribution in [3.8, 4) is 0 Å². The minimum atomic E-state index is -4.91. The van der Waals surface area contributed by atoms with Crippen LogP contribution in [-0.2, 0) is 9.59 Å². The summed E-state index contributed by atoms with van der Waals surface area (Å²) in [5, 5.41) is 0. The number of carbonyl (C=O) groups is 2. The largest absolute Gasteiger partial charge is 0.471 e. The van der Waals surface area contributed by atoms with Crippen LogP contribution >= 0.6 is 0 Å². The van der Waals surface area contributed by atoms with Gasteiger partial charge in [0.25, 0.3) is 0 Å². The molecule has 2 heterocycles. The Kier molecular flexibility index (Phi) is 5.57. The van der Waals surface area contributed by atoms with Gasteiger partial charge in [0.05, 0.1) is 5.92 Å². The van der Waals surface area contributed by atoms with Crippen LogP contribution in [0.1, 0.15) is 12.8 Å². The Hall–Kier alpha value is -2.32. The molecule has 27 heavy (non-hydrogen) atoms. The fraction of sp³-hybridized carbons (Fsp3) is 0.556. The molecule has 0 spiro atoms. The molecule has 9 heteroatoms. The molecule has 2 aliphatic heterocycles. The van der Waals surface area contributed by atoms with E-state index in [-0.39, 0.29) is 24.8 Å². The number of nitrogens with zero attached hydrogens (tertiary/aromatic N) is 3. The Bertz CT molecular complexity index is 685. The average molecular weight is 387 g/mol. The standard InChI is InChI=1S/C18H21F4N3O2/c19-14-3-5-15(6-4-14)23-8-10-24(11-9-23)16(26)13-2-1-7-25(12-13)17(27)18(20,21)22/h3-6,13H,1-2,7-12H2. The summed E-state index contributed by atoms with van der Waals surface area (Å²) in [5.41, 5.74) is 0.864. The zero-order valence-corrected chi connectivity index (χ0v) is 14.7. The van der Waals surface area contributed by atoms with Crippen molar-refractivity contribution in [2.75, 3.05) is 44.2 Å². The zero-order valence-electron chi connectivity index (χ0n) is 14.7. The smallest absolute Gasteiger partial charge is 0.368 e. The molecule has 1 aromatic rings. The number of carbonyl (C=O) groups excluding carboxylic acids is 2. The molecule has 5 nitrogen and oxygen atoms in total. The lowest BCUT2D eigenvalue weighted by atomic mass is 9.96. The van der Waals surface area contributed by atoms with Crippen molar-refractivity contribution in [1.29, 1.82) is 0 Å². The molecule has 2 saturated heterocycles. The maximum Gasteiger partial charge on any atom is 0.471 e. The van der Waals surface area contributed by atoms with E-state index in [0.717, 1.165) is 10.6 Å². The number of amides is 2. The molecule has 0 bridgehead atoms. The summed E-state index contributed by atoms with van der Waals surface area (Å²) in [6, 6.07) is 6.10. The molecule has 0 radical (unpaired) electrons. The SMILES string of the molecule is O=C(C1CCCN(C(=O)C(F)(F)F)C1)N1CCN(c2ccc(F)cc2)CC1. The summed E-state index contributed by atoms with van der Waals surface area (Å²) >= 11 is 0. The normalized spacial score (nSPS) is 21.3. The molecule has 148 valence electrons. The minimum Gasteiger partial charge on any atom is -0.368 e.